The molecule has 0 saturated heterocycles. The quantitative estimate of drug-likeness (QED) is 0.654. The Kier molecular flexibility index (Phi) is 4.69. The van der Waals surface area contributed by atoms with E-state index in [0.717, 1.165) is 22.0 Å². The van der Waals surface area contributed by atoms with E-state index >= 15 is 0 Å². The second-order valence-corrected chi connectivity index (χ2v) is 5.84. The Morgan fingerprint density at radius 2 is 2.00 bits per heavy atom. The third-order valence-electron chi connectivity index (χ3n) is 4.04. The molecular formula is C18H20FN3O. The standard InChI is InChI=1S/C18H20FN3O/c1-12(9-17(23)13-5-7-16(19)8-6-13)20-10-14-3-2-4-15-11-21-22-18(14)15/h2-8,11-12,17,20,23H,9-10H2,1H3,(H,21,22)/t12-,17+/m1/s1. The molecule has 1 aromatic heterocycles. The minimum Gasteiger partial charge on any atom is -0.388 e. The molecular weight excluding hydrogens is 293 g/mol. The molecule has 0 aliphatic heterocycles. The monoisotopic (exact) mass is 313 g/mol. The maximum atomic E-state index is 12.9. The van der Waals surface area contributed by atoms with E-state index in [4.69, 9.17) is 0 Å². The summed E-state index contributed by atoms with van der Waals surface area (Å²) in [5.41, 5.74) is 2.91. The van der Waals surface area contributed by atoms with Crippen molar-refractivity contribution in [2.24, 2.45) is 0 Å². The van der Waals surface area contributed by atoms with Crippen LogP contribution in [0, 0.1) is 5.82 Å². The Morgan fingerprint density at radius 3 is 2.78 bits per heavy atom. The average molecular weight is 313 g/mol. The van der Waals surface area contributed by atoms with Crippen molar-refractivity contribution in [3.63, 3.8) is 0 Å². The van der Waals surface area contributed by atoms with Crippen LogP contribution >= 0.6 is 0 Å². The summed E-state index contributed by atoms with van der Waals surface area (Å²) in [6.07, 6.45) is 1.76. The molecule has 0 unspecified atom stereocenters. The number of fused-ring (bicyclic) bond motifs is 1. The highest BCUT2D eigenvalue weighted by molar-refractivity contribution is 5.81. The number of rotatable bonds is 6. The Labute approximate surface area is 134 Å². The van der Waals surface area contributed by atoms with Crippen LogP contribution in [0.15, 0.2) is 48.7 Å². The SMILES string of the molecule is C[C@H](C[C@H](O)c1ccc(F)cc1)NCc1cccc2cn[nH]c12. The molecule has 0 aliphatic carbocycles. The minimum atomic E-state index is -0.610. The van der Waals surface area contributed by atoms with Crippen molar-refractivity contribution in [2.45, 2.75) is 32.0 Å². The Bertz CT molecular complexity index is 769. The number of aliphatic hydroxyl groups excluding tert-OH is 1. The summed E-state index contributed by atoms with van der Waals surface area (Å²) in [7, 11) is 0. The van der Waals surface area contributed by atoms with Gasteiger partial charge in [-0.05, 0) is 36.6 Å². The first-order chi connectivity index (χ1) is 11.1. The van der Waals surface area contributed by atoms with E-state index < -0.39 is 6.10 Å². The molecule has 0 bridgehead atoms. The minimum absolute atomic E-state index is 0.119. The predicted molar refractivity (Wildman–Crippen MR) is 88.4 cm³/mol. The molecule has 3 rings (SSSR count). The van der Waals surface area contributed by atoms with E-state index in [9.17, 15) is 9.50 Å². The highest BCUT2D eigenvalue weighted by Gasteiger charge is 2.13. The molecule has 2 atom stereocenters. The molecule has 23 heavy (non-hydrogen) atoms. The third-order valence-corrected chi connectivity index (χ3v) is 4.04. The number of aliphatic hydroxyl groups is 1. The van der Waals surface area contributed by atoms with Gasteiger partial charge >= 0.3 is 0 Å². The van der Waals surface area contributed by atoms with Crippen LogP contribution in [0.4, 0.5) is 4.39 Å². The molecule has 0 amide bonds. The number of halogens is 1. The molecule has 0 radical (unpaired) electrons. The van der Waals surface area contributed by atoms with Gasteiger partial charge in [0.2, 0.25) is 0 Å². The van der Waals surface area contributed by atoms with Gasteiger partial charge in [-0.1, -0.05) is 30.3 Å². The number of H-pyrrole nitrogens is 1. The molecule has 120 valence electrons. The lowest BCUT2D eigenvalue weighted by molar-refractivity contribution is 0.154. The molecule has 5 heteroatoms. The van der Waals surface area contributed by atoms with Crippen molar-refractivity contribution in [1.29, 1.82) is 0 Å². The Hall–Kier alpha value is -2.24. The zero-order valence-corrected chi connectivity index (χ0v) is 13.0. The number of hydrogen-bond acceptors (Lipinski definition) is 3. The van der Waals surface area contributed by atoms with Crippen LogP contribution in [0.1, 0.15) is 30.6 Å². The first-order valence-corrected chi connectivity index (χ1v) is 7.71. The lowest BCUT2D eigenvalue weighted by Gasteiger charge is -2.18. The van der Waals surface area contributed by atoms with Gasteiger partial charge in [0.05, 0.1) is 17.8 Å². The number of nitrogens with one attached hydrogen (secondary N) is 2. The van der Waals surface area contributed by atoms with Crippen LogP contribution in [-0.2, 0) is 6.54 Å². The van der Waals surface area contributed by atoms with E-state index in [0.29, 0.717) is 13.0 Å². The van der Waals surface area contributed by atoms with Crippen molar-refractivity contribution in [2.75, 3.05) is 0 Å². The largest absolute Gasteiger partial charge is 0.388 e. The van der Waals surface area contributed by atoms with Gasteiger partial charge in [-0.2, -0.15) is 5.10 Å². The summed E-state index contributed by atoms with van der Waals surface area (Å²) in [6, 6.07) is 12.2. The third kappa shape index (κ3) is 3.75. The van der Waals surface area contributed by atoms with E-state index in [1.807, 2.05) is 19.1 Å². The molecule has 0 spiro atoms. The van der Waals surface area contributed by atoms with Gasteiger partial charge in [0.25, 0.3) is 0 Å². The van der Waals surface area contributed by atoms with Crippen LogP contribution in [0.3, 0.4) is 0 Å². The number of aromatic amines is 1. The first-order valence-electron chi connectivity index (χ1n) is 7.71. The maximum absolute atomic E-state index is 12.9. The molecule has 4 nitrogen and oxygen atoms in total. The summed E-state index contributed by atoms with van der Waals surface area (Å²) >= 11 is 0. The number of hydrogen-bond donors (Lipinski definition) is 3. The highest BCUT2D eigenvalue weighted by Crippen LogP contribution is 2.20. The summed E-state index contributed by atoms with van der Waals surface area (Å²) in [6.45, 7) is 2.72. The van der Waals surface area contributed by atoms with E-state index in [1.165, 1.54) is 12.1 Å². The van der Waals surface area contributed by atoms with E-state index in [-0.39, 0.29) is 11.9 Å². The maximum Gasteiger partial charge on any atom is 0.123 e. The van der Waals surface area contributed by atoms with Crippen molar-refractivity contribution in [1.82, 2.24) is 15.5 Å². The fraction of sp³-hybridized carbons (Fsp3) is 0.278. The van der Waals surface area contributed by atoms with Crippen molar-refractivity contribution >= 4 is 10.9 Å². The average Bonchev–Trinajstić information content (AvgIpc) is 3.02. The van der Waals surface area contributed by atoms with Gasteiger partial charge in [0.15, 0.2) is 0 Å². The predicted octanol–water partition coefficient (Wildman–Crippen LogP) is 3.30. The van der Waals surface area contributed by atoms with Crippen molar-refractivity contribution < 1.29 is 9.50 Å². The van der Waals surface area contributed by atoms with Gasteiger partial charge in [0.1, 0.15) is 5.82 Å². The zero-order chi connectivity index (χ0) is 16.2. The molecule has 3 aromatic rings. The number of para-hydroxylation sites is 1. The number of nitrogens with zero attached hydrogens (tertiary/aromatic N) is 1. The molecule has 1 heterocycles. The smallest absolute Gasteiger partial charge is 0.123 e. The van der Waals surface area contributed by atoms with Gasteiger partial charge in [0, 0.05) is 18.0 Å². The summed E-state index contributed by atoms with van der Waals surface area (Å²) in [4.78, 5) is 0. The summed E-state index contributed by atoms with van der Waals surface area (Å²) in [5, 5.41) is 21.8. The summed E-state index contributed by atoms with van der Waals surface area (Å²) < 4.78 is 12.9. The molecule has 0 fully saturated rings. The van der Waals surface area contributed by atoms with Crippen LogP contribution in [-0.4, -0.2) is 21.3 Å². The van der Waals surface area contributed by atoms with E-state index in [2.05, 4.69) is 21.6 Å². The fourth-order valence-corrected chi connectivity index (χ4v) is 2.70. The number of aromatic nitrogens is 2. The van der Waals surface area contributed by atoms with Crippen LogP contribution in [0.25, 0.3) is 10.9 Å². The molecule has 0 saturated carbocycles. The zero-order valence-electron chi connectivity index (χ0n) is 13.0. The topological polar surface area (TPSA) is 60.9 Å². The lowest BCUT2D eigenvalue weighted by Crippen LogP contribution is -2.27. The highest BCUT2D eigenvalue weighted by atomic mass is 19.1. The first kappa shape index (κ1) is 15.6. The summed E-state index contributed by atoms with van der Waals surface area (Å²) in [5.74, 6) is -0.292. The second-order valence-electron chi connectivity index (χ2n) is 5.84. The van der Waals surface area contributed by atoms with Crippen LogP contribution in [0.2, 0.25) is 0 Å². The molecule has 2 aromatic carbocycles. The Morgan fingerprint density at radius 1 is 1.22 bits per heavy atom. The van der Waals surface area contributed by atoms with Gasteiger partial charge < -0.3 is 10.4 Å². The van der Waals surface area contributed by atoms with Crippen molar-refractivity contribution in [3.05, 3.63) is 65.6 Å². The lowest BCUT2D eigenvalue weighted by atomic mass is 10.0. The number of benzene rings is 2. The fourth-order valence-electron chi connectivity index (χ4n) is 2.70. The van der Waals surface area contributed by atoms with Crippen molar-refractivity contribution in [3.8, 4) is 0 Å². The Balaban J connectivity index is 1.58. The van der Waals surface area contributed by atoms with Crippen LogP contribution < -0.4 is 5.32 Å². The normalized spacial score (nSPS) is 14.0. The van der Waals surface area contributed by atoms with Crippen LogP contribution in [0.5, 0.6) is 0 Å². The van der Waals surface area contributed by atoms with Gasteiger partial charge in [-0.15, -0.1) is 0 Å². The van der Waals surface area contributed by atoms with Gasteiger partial charge in [-0.25, -0.2) is 4.39 Å². The molecule has 3 N–H and O–H groups in total. The molecule has 0 aliphatic rings. The second kappa shape index (κ2) is 6.89. The van der Waals surface area contributed by atoms with Gasteiger partial charge in [-0.3, -0.25) is 5.10 Å². The van der Waals surface area contributed by atoms with E-state index in [1.54, 1.807) is 18.3 Å².